The molecule has 0 aromatic rings. The van der Waals surface area contributed by atoms with Crippen molar-refractivity contribution in [2.75, 3.05) is 6.54 Å². The Morgan fingerprint density at radius 1 is 1.71 bits per heavy atom. The summed E-state index contributed by atoms with van der Waals surface area (Å²) in [5.74, 6) is -1.22. The van der Waals surface area contributed by atoms with Gasteiger partial charge in [0.2, 0.25) is 0 Å². The van der Waals surface area contributed by atoms with Crippen molar-refractivity contribution >= 4 is 5.97 Å². The van der Waals surface area contributed by atoms with Crippen LogP contribution in [0.5, 0.6) is 0 Å². The SMILES string of the molecule is N.NCC(=O)[O-].[Zn+2]. The summed E-state index contributed by atoms with van der Waals surface area (Å²) in [5.41, 5.74) is 4.51. The summed E-state index contributed by atoms with van der Waals surface area (Å²) in [4.78, 5) is 9.13. The molecule has 0 aliphatic heterocycles. The molecule has 0 atom stereocenters. The molecule has 0 aliphatic rings. The first kappa shape index (κ1) is 15.7. The van der Waals surface area contributed by atoms with Crippen LogP contribution in [0.3, 0.4) is 0 Å². The van der Waals surface area contributed by atoms with Crippen molar-refractivity contribution in [3.63, 3.8) is 0 Å². The Kier molecular flexibility index (Phi) is 21.1. The van der Waals surface area contributed by atoms with Crippen LogP contribution in [0.25, 0.3) is 0 Å². The van der Waals surface area contributed by atoms with Crippen molar-refractivity contribution in [2.45, 2.75) is 0 Å². The quantitative estimate of drug-likeness (QED) is 0.423. The van der Waals surface area contributed by atoms with Gasteiger partial charge in [-0.3, -0.25) is 0 Å². The van der Waals surface area contributed by atoms with Crippen LogP contribution < -0.4 is 17.0 Å². The molecule has 0 saturated heterocycles. The zero-order valence-electron chi connectivity index (χ0n) is 4.02. The maximum Gasteiger partial charge on any atom is 2.00 e. The Morgan fingerprint density at radius 3 is 1.86 bits per heavy atom. The van der Waals surface area contributed by atoms with Crippen LogP contribution >= 0.6 is 0 Å². The van der Waals surface area contributed by atoms with E-state index in [1.807, 2.05) is 0 Å². The van der Waals surface area contributed by atoms with Gasteiger partial charge in [-0.15, -0.1) is 0 Å². The van der Waals surface area contributed by atoms with E-state index in [-0.39, 0.29) is 32.2 Å². The molecule has 0 saturated carbocycles. The molecule has 0 aliphatic carbocycles. The van der Waals surface area contributed by atoms with E-state index in [0.29, 0.717) is 0 Å². The van der Waals surface area contributed by atoms with Crippen molar-refractivity contribution in [1.29, 1.82) is 0 Å². The van der Waals surface area contributed by atoms with E-state index in [4.69, 9.17) is 9.90 Å². The summed E-state index contributed by atoms with van der Waals surface area (Å²) in [6.45, 7) is -0.389. The van der Waals surface area contributed by atoms with Gasteiger partial charge >= 0.3 is 19.5 Å². The Morgan fingerprint density at radius 2 is 1.86 bits per heavy atom. The first-order valence-electron chi connectivity index (χ1n) is 1.17. The van der Waals surface area contributed by atoms with Crippen LogP contribution in [-0.4, -0.2) is 12.5 Å². The summed E-state index contributed by atoms with van der Waals surface area (Å²) < 4.78 is 0. The van der Waals surface area contributed by atoms with Crippen molar-refractivity contribution in [3.05, 3.63) is 0 Å². The van der Waals surface area contributed by atoms with Gasteiger partial charge in [0.15, 0.2) is 0 Å². The summed E-state index contributed by atoms with van der Waals surface area (Å²) >= 11 is 0. The Labute approximate surface area is 54.4 Å². The first-order valence-corrected chi connectivity index (χ1v) is 1.17. The van der Waals surface area contributed by atoms with Crippen molar-refractivity contribution in [3.8, 4) is 0 Å². The average molecular weight is 156 g/mol. The molecule has 5 heteroatoms. The van der Waals surface area contributed by atoms with Gasteiger partial charge in [0.1, 0.15) is 0 Å². The minimum Gasteiger partial charge on any atom is -0.549 e. The molecule has 0 radical (unpaired) electrons. The minimum atomic E-state index is -1.22. The molecule has 0 unspecified atom stereocenters. The van der Waals surface area contributed by atoms with E-state index in [9.17, 15) is 0 Å². The summed E-state index contributed by atoms with van der Waals surface area (Å²) in [7, 11) is 0. The molecule has 0 rings (SSSR count). The van der Waals surface area contributed by atoms with Gasteiger partial charge in [-0.25, -0.2) is 0 Å². The number of carbonyl (C=O) groups is 1. The largest absolute Gasteiger partial charge is 2.00 e. The predicted octanol–water partition coefficient (Wildman–Crippen LogP) is -2.15. The van der Waals surface area contributed by atoms with E-state index >= 15 is 0 Å². The van der Waals surface area contributed by atoms with Crippen LogP contribution in [0.4, 0.5) is 0 Å². The van der Waals surface area contributed by atoms with Crippen molar-refractivity contribution in [2.24, 2.45) is 5.73 Å². The molecule has 0 fully saturated rings. The van der Waals surface area contributed by atoms with Crippen LogP contribution in [0.1, 0.15) is 0 Å². The topological polar surface area (TPSA) is 101 Å². The number of nitrogens with two attached hydrogens (primary N) is 1. The van der Waals surface area contributed by atoms with Gasteiger partial charge in [-0.05, 0) is 0 Å². The Hall–Kier alpha value is 0.0134. The number of rotatable bonds is 1. The second-order valence-electron chi connectivity index (χ2n) is 0.576. The molecule has 38 valence electrons. The maximum absolute atomic E-state index is 9.13. The Balaban J connectivity index is -0.0000000800. The first-order chi connectivity index (χ1) is 2.27. The monoisotopic (exact) mass is 155 g/mol. The molecule has 5 N–H and O–H groups in total. The zero-order valence-corrected chi connectivity index (χ0v) is 6.98. The van der Waals surface area contributed by atoms with Crippen LogP contribution in [0, 0.1) is 0 Å². The maximum atomic E-state index is 9.13. The molecule has 4 nitrogen and oxygen atoms in total. The fraction of sp³-hybridized carbons (Fsp3) is 0.500. The third kappa shape index (κ3) is 23.9. The third-order valence-corrected chi connectivity index (χ3v) is 0.167. The molecule has 0 amide bonds. The predicted molar refractivity (Wildman–Crippen MR) is 19.1 cm³/mol. The standard InChI is InChI=1S/C2H5NO2.H3N.Zn/c3-1-2(4)5;;/h1,3H2,(H,4,5);1H3;/q;;+2/p-1. The van der Waals surface area contributed by atoms with Crippen LogP contribution in [-0.2, 0) is 24.3 Å². The van der Waals surface area contributed by atoms with E-state index in [2.05, 4.69) is 5.73 Å². The minimum absolute atomic E-state index is 0. The fourth-order valence-corrected chi connectivity index (χ4v) is 0. The molecular formula is C2H7N2O2Zn+. The van der Waals surface area contributed by atoms with Gasteiger partial charge in [0.05, 0.1) is 5.97 Å². The van der Waals surface area contributed by atoms with Gasteiger partial charge in [0, 0.05) is 6.54 Å². The number of aliphatic carboxylic acids is 1. The van der Waals surface area contributed by atoms with E-state index in [1.54, 1.807) is 0 Å². The second-order valence-corrected chi connectivity index (χ2v) is 0.576. The molecule has 0 aromatic heterocycles. The van der Waals surface area contributed by atoms with Gasteiger partial charge in [0.25, 0.3) is 0 Å². The summed E-state index contributed by atoms with van der Waals surface area (Å²) in [5, 5.41) is 9.13. The average Bonchev–Trinajstić information content (AvgIpc) is 1.38. The molecule has 0 aromatic carbocycles. The van der Waals surface area contributed by atoms with Crippen molar-refractivity contribution in [1.82, 2.24) is 6.15 Å². The molecular weight excluding hydrogens is 149 g/mol. The zero-order chi connectivity index (χ0) is 4.28. The van der Waals surface area contributed by atoms with Crippen LogP contribution in [0.15, 0.2) is 0 Å². The molecule has 0 spiro atoms. The Bertz CT molecular complexity index is 49.0. The van der Waals surface area contributed by atoms with E-state index < -0.39 is 5.97 Å². The van der Waals surface area contributed by atoms with Gasteiger partial charge < -0.3 is 21.8 Å². The molecule has 7 heavy (non-hydrogen) atoms. The number of carbonyl (C=O) groups excluding carboxylic acids is 1. The molecule has 0 bridgehead atoms. The number of carboxylic acid groups (broad SMARTS) is 1. The van der Waals surface area contributed by atoms with E-state index in [0.717, 1.165) is 0 Å². The fourth-order valence-electron chi connectivity index (χ4n) is 0. The number of hydrogen-bond acceptors (Lipinski definition) is 4. The number of hydrogen-bond donors (Lipinski definition) is 2. The molecule has 0 heterocycles. The normalized spacial score (nSPS) is 5.29. The van der Waals surface area contributed by atoms with Gasteiger partial charge in [-0.2, -0.15) is 0 Å². The smallest absolute Gasteiger partial charge is 0.549 e. The summed E-state index contributed by atoms with van der Waals surface area (Å²) in [6.07, 6.45) is 0. The van der Waals surface area contributed by atoms with E-state index in [1.165, 1.54) is 0 Å². The number of carboxylic acids is 1. The van der Waals surface area contributed by atoms with Crippen LogP contribution in [0.2, 0.25) is 0 Å². The second kappa shape index (κ2) is 9.38. The van der Waals surface area contributed by atoms with Gasteiger partial charge in [-0.1, -0.05) is 0 Å². The summed E-state index contributed by atoms with van der Waals surface area (Å²) in [6, 6.07) is 0. The van der Waals surface area contributed by atoms with Crippen molar-refractivity contribution < 1.29 is 29.4 Å². The third-order valence-electron chi connectivity index (χ3n) is 0.167.